The maximum atomic E-state index is 6.39. The van der Waals surface area contributed by atoms with Crippen LogP contribution in [0.15, 0.2) is 0 Å². The van der Waals surface area contributed by atoms with Gasteiger partial charge in [-0.1, -0.05) is 102 Å². The van der Waals surface area contributed by atoms with Crippen molar-refractivity contribution in [3.63, 3.8) is 0 Å². The average Bonchev–Trinajstić information content (AvgIpc) is 2.89. The Morgan fingerprint density at radius 1 is 0.378 bits per heavy atom. The number of hydrogen-bond acceptors (Lipinski definition) is 9. The second kappa shape index (κ2) is 27.4. The van der Waals surface area contributed by atoms with Gasteiger partial charge in [0.05, 0.1) is 10.8 Å². The van der Waals surface area contributed by atoms with Crippen LogP contribution in [-0.4, -0.2) is 68.0 Å². The Morgan fingerprint density at radius 3 is 0.784 bits per heavy atom. The molecule has 0 atom stereocenters. The molecule has 0 N–H and O–H groups in total. The fourth-order valence-electron chi connectivity index (χ4n) is 2.96. The molecule has 0 radical (unpaired) electrons. The Balaban J connectivity index is 5.15. The molecule has 0 rings (SSSR count). The molecule has 6 nitrogen and oxygen atoms in total. The molecule has 0 aliphatic heterocycles. The van der Waals surface area contributed by atoms with E-state index in [4.69, 9.17) is 26.6 Å². The van der Waals surface area contributed by atoms with Crippen molar-refractivity contribution in [2.45, 2.75) is 119 Å². The van der Waals surface area contributed by atoms with Gasteiger partial charge in [-0.25, -0.2) is 0 Å². The van der Waals surface area contributed by atoms with Gasteiger partial charge in [-0.15, -0.1) is 0 Å². The minimum absolute atomic E-state index is 0.706. The lowest BCUT2D eigenvalue weighted by Crippen LogP contribution is -2.50. The topological polar surface area (TPSA) is 55.4 Å². The zero-order chi connectivity index (χ0) is 27.5. The Bertz CT molecular complexity index is 391. The van der Waals surface area contributed by atoms with E-state index in [1.807, 2.05) is 0 Å². The molecule has 0 aromatic carbocycles. The van der Waals surface area contributed by atoms with Crippen LogP contribution in [0.4, 0.5) is 0 Å². The zero-order valence-electron chi connectivity index (χ0n) is 24.8. The van der Waals surface area contributed by atoms with Crippen LogP contribution in [0, 0.1) is 0 Å². The maximum absolute atomic E-state index is 6.39. The molecule has 11 heteroatoms. The van der Waals surface area contributed by atoms with E-state index in [1.54, 1.807) is 31.4 Å². The maximum Gasteiger partial charge on any atom is 0.512 e. The van der Waals surface area contributed by atoms with Crippen molar-refractivity contribution in [2.75, 3.05) is 50.4 Å². The summed E-state index contributed by atoms with van der Waals surface area (Å²) in [6, 6.07) is 0. The van der Waals surface area contributed by atoms with Crippen molar-refractivity contribution in [1.82, 2.24) is 0 Å². The first-order chi connectivity index (χ1) is 18.1. The van der Waals surface area contributed by atoms with Crippen molar-refractivity contribution in [3.8, 4) is 0 Å². The van der Waals surface area contributed by atoms with Crippen LogP contribution in [0.1, 0.15) is 119 Å². The van der Waals surface area contributed by atoms with E-state index in [9.17, 15) is 0 Å². The van der Waals surface area contributed by atoms with Crippen LogP contribution in [-0.2, 0) is 26.6 Å². The third-order valence-corrected chi connectivity index (χ3v) is 17.7. The Morgan fingerprint density at radius 2 is 0.595 bits per heavy atom. The summed E-state index contributed by atoms with van der Waals surface area (Å²) >= 11 is 0. The van der Waals surface area contributed by atoms with Crippen molar-refractivity contribution in [2.24, 2.45) is 0 Å². The van der Waals surface area contributed by atoms with Crippen molar-refractivity contribution >= 4 is 49.0 Å². The zero-order valence-corrected chi connectivity index (χ0v) is 29.3. The van der Waals surface area contributed by atoms with E-state index < -0.39 is 17.6 Å². The second-order valence-electron chi connectivity index (χ2n) is 9.17. The quantitative estimate of drug-likeness (QED) is 0.0446. The molecule has 0 fully saturated rings. The van der Waals surface area contributed by atoms with E-state index in [2.05, 4.69) is 41.5 Å². The van der Waals surface area contributed by atoms with Crippen LogP contribution in [0.3, 0.4) is 0 Å². The third kappa shape index (κ3) is 20.7. The summed E-state index contributed by atoms with van der Waals surface area (Å²) in [5, 5.41) is 1.50. The summed E-state index contributed by atoms with van der Waals surface area (Å²) in [7, 11) is -0.140. The lowest BCUT2D eigenvalue weighted by atomic mass is 10.4. The molecule has 0 heterocycles. The molecule has 0 amide bonds. The smallest absolute Gasteiger partial charge is 0.373 e. The van der Waals surface area contributed by atoms with E-state index in [-0.39, 0.29) is 0 Å². The van der Waals surface area contributed by atoms with Gasteiger partial charge in [0.2, 0.25) is 0 Å². The molecule has 0 saturated heterocycles. The number of hydrogen-bond donors (Lipinski definition) is 0. The molecule has 0 aromatic rings. The summed E-state index contributed by atoms with van der Waals surface area (Å²) in [5.74, 6) is 0. The van der Waals surface area contributed by atoms with E-state index in [0.717, 1.165) is 87.8 Å². The summed E-state index contributed by atoms with van der Waals surface area (Å²) in [6.45, 7) is 17.4. The highest BCUT2D eigenvalue weighted by molar-refractivity contribution is 9.09. The first-order valence-electron chi connectivity index (χ1n) is 14.8. The van der Waals surface area contributed by atoms with Crippen LogP contribution in [0.25, 0.3) is 0 Å². The van der Waals surface area contributed by atoms with Gasteiger partial charge in [-0.2, -0.15) is 0 Å². The van der Waals surface area contributed by atoms with E-state index >= 15 is 0 Å². The van der Waals surface area contributed by atoms with Gasteiger partial charge < -0.3 is 26.6 Å². The minimum atomic E-state index is -2.73. The predicted octanol–water partition coefficient (Wildman–Crippen LogP) is 8.87. The van der Waals surface area contributed by atoms with Gasteiger partial charge in [0.15, 0.2) is 0 Å². The molecule has 0 saturated carbocycles. The van der Waals surface area contributed by atoms with Crippen LogP contribution >= 0.6 is 31.4 Å². The Labute approximate surface area is 243 Å². The van der Waals surface area contributed by atoms with Gasteiger partial charge in [-0.3, -0.25) is 0 Å². The molecule has 37 heavy (non-hydrogen) atoms. The van der Waals surface area contributed by atoms with Crippen molar-refractivity contribution in [1.29, 1.82) is 0 Å². The molecule has 0 bridgehead atoms. The van der Waals surface area contributed by atoms with Gasteiger partial charge in [-0.05, 0) is 48.4 Å². The van der Waals surface area contributed by atoms with Gasteiger partial charge in [0, 0.05) is 39.6 Å². The molecular formula is C26H58O6S3Si2. The Kier molecular flexibility index (Phi) is 28.3. The lowest BCUT2D eigenvalue weighted by Gasteiger charge is -2.30. The van der Waals surface area contributed by atoms with E-state index in [1.165, 1.54) is 0 Å². The highest BCUT2D eigenvalue weighted by atomic mass is 33.5. The molecule has 0 aliphatic rings. The molecule has 0 spiro atoms. The largest absolute Gasteiger partial charge is 0.512 e. The number of unbranched alkanes of at least 4 members (excludes halogenated alkanes) is 6. The third-order valence-electron chi connectivity index (χ3n) is 5.49. The highest BCUT2D eigenvalue weighted by Gasteiger charge is 2.43. The minimum Gasteiger partial charge on any atom is -0.373 e. The van der Waals surface area contributed by atoms with Crippen molar-refractivity contribution < 1.29 is 26.6 Å². The van der Waals surface area contributed by atoms with Crippen LogP contribution in [0.2, 0.25) is 0 Å². The highest BCUT2D eigenvalue weighted by Crippen LogP contribution is 2.39. The Hall–Kier alpha value is 1.24. The fourth-order valence-corrected chi connectivity index (χ4v) is 16.7. The molecule has 0 unspecified atom stereocenters. The molecule has 0 aliphatic carbocycles. The van der Waals surface area contributed by atoms with Gasteiger partial charge in [0.1, 0.15) is 0 Å². The standard InChI is InChI=1S/C26H58O6S3Si2/c1-7-13-19-27-36(28-20-14-8-2,29-21-15-9-3)25-33-35-34-26-37(30-22-16-10-4,31-23-17-11-5)32-24-18-12-6/h7-26H2,1-6H3. The predicted molar refractivity (Wildman–Crippen MR) is 169 cm³/mol. The average molecular weight is 619 g/mol. The van der Waals surface area contributed by atoms with Gasteiger partial charge >= 0.3 is 17.6 Å². The van der Waals surface area contributed by atoms with Crippen LogP contribution < -0.4 is 0 Å². The first kappa shape index (κ1) is 38.2. The van der Waals surface area contributed by atoms with Gasteiger partial charge in [0.25, 0.3) is 0 Å². The summed E-state index contributed by atoms with van der Waals surface area (Å²) in [4.78, 5) is 0. The summed E-state index contributed by atoms with van der Waals surface area (Å²) in [5.41, 5.74) is 0. The normalized spacial score (nSPS) is 12.5. The van der Waals surface area contributed by atoms with Crippen molar-refractivity contribution in [3.05, 3.63) is 0 Å². The summed E-state index contributed by atoms with van der Waals surface area (Å²) in [6.07, 6.45) is 12.8. The molecular weight excluding hydrogens is 561 g/mol. The SMILES string of the molecule is CCCCO[Si](CSSSC[Si](OCCCC)(OCCCC)OCCCC)(OCCCC)OCCCC. The lowest BCUT2D eigenvalue weighted by molar-refractivity contribution is 0.0612. The van der Waals surface area contributed by atoms with Crippen LogP contribution in [0.5, 0.6) is 0 Å². The van der Waals surface area contributed by atoms with E-state index in [0.29, 0.717) is 39.6 Å². The first-order valence-corrected chi connectivity index (χ1v) is 22.5. The number of rotatable bonds is 30. The molecule has 224 valence electrons. The second-order valence-corrected chi connectivity index (χ2v) is 19.6. The fraction of sp³-hybridized carbons (Fsp3) is 1.00. The summed E-state index contributed by atoms with van der Waals surface area (Å²) < 4.78 is 38.4. The monoisotopic (exact) mass is 618 g/mol. The molecule has 0 aromatic heterocycles.